The second kappa shape index (κ2) is 7.08. The zero-order chi connectivity index (χ0) is 18.8. The lowest BCUT2D eigenvalue weighted by molar-refractivity contribution is 0.0600. The summed E-state index contributed by atoms with van der Waals surface area (Å²) in [4.78, 5) is 21.9. The van der Waals surface area contributed by atoms with Crippen LogP contribution in [0.4, 0.5) is 10.1 Å². The van der Waals surface area contributed by atoms with E-state index in [4.69, 9.17) is 17.3 Å². The van der Waals surface area contributed by atoms with Gasteiger partial charge >= 0.3 is 5.97 Å². The van der Waals surface area contributed by atoms with E-state index in [-0.39, 0.29) is 21.8 Å². The Morgan fingerprint density at radius 1 is 1.20 bits per heavy atom. The lowest BCUT2D eigenvalue weighted by Gasteiger charge is -2.11. The minimum atomic E-state index is -4.37. The molecular weight excluding hydrogens is 375 g/mol. The maximum Gasteiger partial charge on any atom is 0.337 e. The third-order valence-electron chi connectivity index (χ3n) is 3.13. The van der Waals surface area contributed by atoms with E-state index >= 15 is 0 Å². The summed E-state index contributed by atoms with van der Waals surface area (Å²) in [5.74, 6) is -2.65. The van der Waals surface area contributed by atoms with Crippen LogP contribution in [0.3, 0.4) is 0 Å². The van der Waals surface area contributed by atoms with E-state index in [9.17, 15) is 22.4 Å². The molecule has 0 radical (unpaired) electrons. The Bertz CT molecular complexity index is 962. The van der Waals surface area contributed by atoms with Crippen molar-refractivity contribution >= 4 is 39.2 Å². The predicted octanol–water partition coefficient (Wildman–Crippen LogP) is 2.17. The van der Waals surface area contributed by atoms with Crippen LogP contribution < -0.4 is 10.5 Å². The molecule has 0 aromatic heterocycles. The first-order valence-corrected chi connectivity index (χ1v) is 8.52. The summed E-state index contributed by atoms with van der Waals surface area (Å²) in [5.41, 5.74) is 4.96. The number of sulfonamides is 1. The molecule has 0 saturated carbocycles. The fourth-order valence-electron chi connectivity index (χ4n) is 1.94. The summed E-state index contributed by atoms with van der Waals surface area (Å²) < 4.78 is 45.3. The second-order valence-corrected chi connectivity index (χ2v) is 6.86. The minimum absolute atomic E-state index is 0.00323. The fraction of sp³-hybridized carbons (Fsp3) is 0.0667. The second-order valence-electron chi connectivity index (χ2n) is 4.80. The number of nitrogens with one attached hydrogen (secondary N) is 1. The van der Waals surface area contributed by atoms with Gasteiger partial charge in [0.05, 0.1) is 28.9 Å². The first kappa shape index (κ1) is 18.7. The maximum atomic E-state index is 13.9. The molecular formula is C15H12ClFN2O5S. The van der Waals surface area contributed by atoms with Gasteiger partial charge < -0.3 is 10.5 Å². The van der Waals surface area contributed by atoms with E-state index in [2.05, 4.69) is 9.46 Å². The van der Waals surface area contributed by atoms with Gasteiger partial charge in [-0.25, -0.2) is 17.6 Å². The third-order valence-corrected chi connectivity index (χ3v) is 4.84. The highest BCUT2D eigenvalue weighted by atomic mass is 35.5. The lowest BCUT2D eigenvalue weighted by Crippen LogP contribution is -2.16. The largest absolute Gasteiger partial charge is 0.465 e. The summed E-state index contributed by atoms with van der Waals surface area (Å²) in [6.07, 6.45) is 0. The molecule has 10 heteroatoms. The van der Waals surface area contributed by atoms with Crippen LogP contribution in [0.1, 0.15) is 20.7 Å². The van der Waals surface area contributed by atoms with Crippen LogP contribution in [0.2, 0.25) is 5.02 Å². The molecule has 0 fully saturated rings. The smallest absolute Gasteiger partial charge is 0.337 e. The Balaban J connectivity index is 2.41. The highest BCUT2D eigenvalue weighted by molar-refractivity contribution is 7.92. The first-order valence-electron chi connectivity index (χ1n) is 6.65. The zero-order valence-corrected chi connectivity index (χ0v) is 14.3. The molecule has 0 spiro atoms. The molecule has 25 heavy (non-hydrogen) atoms. The van der Waals surface area contributed by atoms with E-state index in [1.54, 1.807) is 0 Å². The normalized spacial score (nSPS) is 11.0. The van der Waals surface area contributed by atoms with Gasteiger partial charge in [-0.1, -0.05) is 11.6 Å². The molecule has 7 nitrogen and oxygen atoms in total. The summed E-state index contributed by atoms with van der Waals surface area (Å²) in [6.45, 7) is 0. The number of esters is 1. The van der Waals surface area contributed by atoms with E-state index in [0.717, 1.165) is 31.4 Å². The van der Waals surface area contributed by atoms with Crippen LogP contribution in [-0.4, -0.2) is 27.4 Å². The minimum Gasteiger partial charge on any atom is -0.465 e. The number of amides is 1. The van der Waals surface area contributed by atoms with Crippen molar-refractivity contribution in [3.8, 4) is 0 Å². The molecule has 0 saturated heterocycles. The van der Waals surface area contributed by atoms with Crippen molar-refractivity contribution in [2.75, 3.05) is 11.8 Å². The van der Waals surface area contributed by atoms with Crippen LogP contribution in [0.15, 0.2) is 41.3 Å². The Morgan fingerprint density at radius 2 is 1.88 bits per heavy atom. The number of hydrogen-bond donors (Lipinski definition) is 2. The van der Waals surface area contributed by atoms with E-state index in [0.29, 0.717) is 0 Å². The number of anilines is 1. The summed E-state index contributed by atoms with van der Waals surface area (Å²) >= 11 is 5.85. The molecule has 0 aliphatic rings. The molecule has 0 heterocycles. The molecule has 0 aliphatic heterocycles. The molecule has 132 valence electrons. The van der Waals surface area contributed by atoms with Crippen molar-refractivity contribution in [2.45, 2.75) is 4.90 Å². The van der Waals surface area contributed by atoms with Crippen molar-refractivity contribution in [1.29, 1.82) is 0 Å². The molecule has 1 amide bonds. The van der Waals surface area contributed by atoms with Crippen molar-refractivity contribution in [1.82, 2.24) is 0 Å². The average Bonchev–Trinajstić information content (AvgIpc) is 2.53. The fourth-order valence-corrected chi connectivity index (χ4v) is 3.37. The van der Waals surface area contributed by atoms with Gasteiger partial charge in [0.15, 0.2) is 0 Å². The van der Waals surface area contributed by atoms with Gasteiger partial charge in [0.1, 0.15) is 10.7 Å². The monoisotopic (exact) mass is 386 g/mol. The zero-order valence-electron chi connectivity index (χ0n) is 12.7. The Morgan fingerprint density at radius 3 is 2.44 bits per heavy atom. The van der Waals surface area contributed by atoms with Gasteiger partial charge in [-0.05, 0) is 36.4 Å². The lowest BCUT2D eigenvalue weighted by atomic mass is 10.2. The van der Waals surface area contributed by atoms with Gasteiger partial charge in [0, 0.05) is 0 Å². The number of ether oxygens (including phenoxy) is 1. The summed E-state index contributed by atoms with van der Waals surface area (Å²) in [6, 6.07) is 6.40. The Kier molecular flexibility index (Phi) is 5.29. The molecule has 0 bridgehead atoms. The van der Waals surface area contributed by atoms with Gasteiger partial charge in [-0.15, -0.1) is 0 Å². The molecule has 2 rings (SSSR count). The number of carbonyl (C=O) groups is 2. The maximum absolute atomic E-state index is 13.9. The summed E-state index contributed by atoms with van der Waals surface area (Å²) in [7, 11) is -3.25. The van der Waals surface area contributed by atoms with Gasteiger partial charge in [0.25, 0.3) is 10.0 Å². The van der Waals surface area contributed by atoms with Gasteiger partial charge in [0.2, 0.25) is 5.91 Å². The topological polar surface area (TPSA) is 116 Å². The van der Waals surface area contributed by atoms with Crippen molar-refractivity contribution in [3.63, 3.8) is 0 Å². The summed E-state index contributed by atoms with van der Waals surface area (Å²) in [5, 5.41) is -0.0727. The standard InChI is InChI=1S/C15H12ClFN2O5S/c1-24-15(21)8-2-5-12(17)13(6-8)25(22,23)19-9-3-4-10(14(18)20)11(16)7-9/h2-7,19H,1H3,(H2,18,20). The average molecular weight is 387 g/mol. The number of benzene rings is 2. The predicted molar refractivity (Wildman–Crippen MR) is 88.5 cm³/mol. The molecule has 0 atom stereocenters. The number of halogens is 2. The quantitative estimate of drug-likeness (QED) is 0.764. The van der Waals surface area contributed by atoms with Gasteiger partial charge in [-0.2, -0.15) is 0 Å². The first-order chi connectivity index (χ1) is 11.7. The molecule has 2 aromatic rings. The number of hydrogen-bond acceptors (Lipinski definition) is 5. The highest BCUT2D eigenvalue weighted by Gasteiger charge is 2.22. The number of rotatable bonds is 5. The number of nitrogens with two attached hydrogens (primary N) is 1. The van der Waals surface area contributed by atoms with Crippen molar-refractivity contribution in [2.24, 2.45) is 5.73 Å². The molecule has 3 N–H and O–H groups in total. The molecule has 0 aliphatic carbocycles. The van der Waals surface area contributed by atoms with E-state index < -0.39 is 32.6 Å². The van der Waals surface area contributed by atoms with E-state index in [1.165, 1.54) is 12.1 Å². The number of carbonyl (C=O) groups excluding carboxylic acids is 2. The van der Waals surface area contributed by atoms with Crippen LogP contribution in [0.25, 0.3) is 0 Å². The van der Waals surface area contributed by atoms with Crippen LogP contribution in [0.5, 0.6) is 0 Å². The molecule has 0 unspecified atom stereocenters. The Hall–Kier alpha value is -2.65. The molecule has 2 aromatic carbocycles. The highest BCUT2D eigenvalue weighted by Crippen LogP contribution is 2.24. The van der Waals surface area contributed by atoms with Crippen LogP contribution in [-0.2, 0) is 14.8 Å². The van der Waals surface area contributed by atoms with E-state index in [1.807, 2.05) is 0 Å². The van der Waals surface area contributed by atoms with Crippen LogP contribution in [0, 0.1) is 5.82 Å². The number of primary amides is 1. The Labute approximate surface area is 147 Å². The van der Waals surface area contributed by atoms with Crippen LogP contribution >= 0.6 is 11.6 Å². The number of methoxy groups -OCH3 is 1. The SMILES string of the molecule is COC(=O)c1ccc(F)c(S(=O)(=O)Nc2ccc(C(N)=O)c(Cl)c2)c1. The van der Waals surface area contributed by atoms with Crippen molar-refractivity contribution < 1.29 is 27.1 Å². The third kappa shape index (κ3) is 4.06. The van der Waals surface area contributed by atoms with Gasteiger partial charge in [-0.3, -0.25) is 9.52 Å². The van der Waals surface area contributed by atoms with Crippen molar-refractivity contribution in [3.05, 3.63) is 58.4 Å².